The van der Waals surface area contributed by atoms with Gasteiger partial charge < -0.3 is 19.5 Å². The van der Waals surface area contributed by atoms with Gasteiger partial charge in [0.2, 0.25) is 5.95 Å². The molecule has 0 radical (unpaired) electrons. The van der Waals surface area contributed by atoms with Gasteiger partial charge in [-0.25, -0.2) is 13.8 Å². The molecule has 1 N–H and O–H groups in total. The van der Waals surface area contributed by atoms with Crippen LogP contribution < -0.4 is 25.1 Å². The van der Waals surface area contributed by atoms with E-state index in [0.29, 0.717) is 39.4 Å². The highest BCUT2D eigenvalue weighted by Gasteiger charge is 2.16. The second-order valence-electron chi connectivity index (χ2n) is 8.25. The summed E-state index contributed by atoms with van der Waals surface area (Å²) >= 11 is 0. The first-order chi connectivity index (χ1) is 18.4. The van der Waals surface area contributed by atoms with Gasteiger partial charge in [-0.1, -0.05) is 6.07 Å². The zero-order chi connectivity index (χ0) is 26.8. The van der Waals surface area contributed by atoms with Gasteiger partial charge in [-0.15, -0.1) is 0 Å². The summed E-state index contributed by atoms with van der Waals surface area (Å²) in [7, 11) is 4.57. The lowest BCUT2D eigenvalue weighted by molar-refractivity contribution is 0.358. The van der Waals surface area contributed by atoms with Gasteiger partial charge in [0, 0.05) is 30.5 Å². The minimum atomic E-state index is -0.663. The molecule has 0 aliphatic rings. The van der Waals surface area contributed by atoms with E-state index in [1.165, 1.54) is 74.6 Å². The molecular formula is C28H22F2N4O4. The second-order valence-corrected chi connectivity index (χ2v) is 8.25. The predicted octanol–water partition coefficient (Wildman–Crippen LogP) is 5.83. The third kappa shape index (κ3) is 4.59. The zero-order valence-corrected chi connectivity index (χ0v) is 20.7. The zero-order valence-electron chi connectivity index (χ0n) is 20.7. The number of anilines is 2. The van der Waals surface area contributed by atoms with Crippen molar-refractivity contribution < 1.29 is 23.0 Å². The Kier molecular flexibility index (Phi) is 6.61. The summed E-state index contributed by atoms with van der Waals surface area (Å²) in [5.74, 6) is 0.498. The fraction of sp³-hybridized carbons (Fsp3) is 0.107. The standard InChI is InChI=1S/C28H22F2N4O4/c1-34-27(35)20(15-32-28(34)33-18-7-5-17(29)6-8-18)16-4-10-23(21(30)14-16)38-22-12-13-31-25-19(22)9-11-24(36-2)26(25)37-3/h4-15H,1-3H3,(H,32,33). The van der Waals surface area contributed by atoms with Crippen LogP contribution in [0.25, 0.3) is 22.0 Å². The van der Waals surface area contributed by atoms with Crippen LogP contribution >= 0.6 is 0 Å². The van der Waals surface area contributed by atoms with Crippen molar-refractivity contribution in [2.45, 2.75) is 0 Å². The number of benzene rings is 3. The number of hydrogen-bond donors (Lipinski definition) is 1. The minimum Gasteiger partial charge on any atom is -0.493 e. The van der Waals surface area contributed by atoms with Crippen LogP contribution in [0.1, 0.15) is 0 Å². The van der Waals surface area contributed by atoms with Crippen molar-refractivity contribution in [2.24, 2.45) is 7.05 Å². The normalized spacial score (nSPS) is 10.9. The Labute approximate surface area is 216 Å². The number of nitrogens with zero attached hydrogens (tertiary/aromatic N) is 3. The molecule has 0 spiro atoms. The molecule has 38 heavy (non-hydrogen) atoms. The second kappa shape index (κ2) is 10.2. The highest BCUT2D eigenvalue weighted by Crippen LogP contribution is 2.39. The van der Waals surface area contributed by atoms with Crippen molar-refractivity contribution in [3.05, 3.63) is 95.0 Å². The lowest BCUT2D eigenvalue weighted by Gasteiger charge is -2.14. The van der Waals surface area contributed by atoms with E-state index in [0.717, 1.165) is 0 Å². The van der Waals surface area contributed by atoms with Crippen LogP contribution in [0.15, 0.2) is 77.9 Å². The monoisotopic (exact) mass is 516 g/mol. The summed E-state index contributed by atoms with van der Waals surface area (Å²) < 4.78 is 46.3. The molecule has 192 valence electrons. The Morgan fingerprint density at radius 2 is 1.63 bits per heavy atom. The number of pyridine rings is 1. The van der Waals surface area contributed by atoms with Gasteiger partial charge in [0.15, 0.2) is 23.1 Å². The summed E-state index contributed by atoms with van der Waals surface area (Å²) in [4.78, 5) is 21.7. The first-order valence-electron chi connectivity index (χ1n) is 11.5. The molecule has 0 saturated heterocycles. The molecule has 8 nitrogen and oxygen atoms in total. The molecule has 0 amide bonds. The summed E-state index contributed by atoms with van der Waals surface area (Å²) in [6.45, 7) is 0. The van der Waals surface area contributed by atoms with Crippen molar-refractivity contribution in [1.29, 1.82) is 0 Å². The van der Waals surface area contributed by atoms with E-state index in [9.17, 15) is 9.18 Å². The van der Waals surface area contributed by atoms with Gasteiger partial charge >= 0.3 is 0 Å². The molecule has 10 heteroatoms. The van der Waals surface area contributed by atoms with Gasteiger partial charge in [0.1, 0.15) is 17.1 Å². The first-order valence-corrected chi connectivity index (χ1v) is 11.5. The third-order valence-electron chi connectivity index (χ3n) is 5.95. The highest BCUT2D eigenvalue weighted by molar-refractivity contribution is 5.92. The largest absolute Gasteiger partial charge is 0.493 e. The lowest BCUT2D eigenvalue weighted by atomic mass is 10.1. The Morgan fingerprint density at radius 1 is 0.868 bits per heavy atom. The number of rotatable bonds is 7. The van der Waals surface area contributed by atoms with E-state index in [1.807, 2.05) is 0 Å². The lowest BCUT2D eigenvalue weighted by Crippen LogP contribution is -2.22. The van der Waals surface area contributed by atoms with Crippen molar-refractivity contribution in [3.63, 3.8) is 0 Å². The highest BCUT2D eigenvalue weighted by atomic mass is 19.1. The molecule has 3 aromatic carbocycles. The molecular weight excluding hydrogens is 494 g/mol. The molecule has 2 aromatic heterocycles. The van der Waals surface area contributed by atoms with E-state index in [2.05, 4.69) is 15.3 Å². The van der Waals surface area contributed by atoms with Gasteiger partial charge in [-0.2, -0.15) is 0 Å². The van der Waals surface area contributed by atoms with Crippen molar-refractivity contribution in [2.75, 3.05) is 19.5 Å². The molecule has 0 unspecified atom stereocenters. The third-order valence-corrected chi connectivity index (χ3v) is 5.95. The van der Waals surface area contributed by atoms with E-state index < -0.39 is 5.82 Å². The minimum absolute atomic E-state index is 0.0320. The number of aromatic nitrogens is 3. The van der Waals surface area contributed by atoms with Gasteiger partial charge in [-0.05, 0) is 60.2 Å². The van der Waals surface area contributed by atoms with Crippen molar-refractivity contribution in [3.8, 4) is 34.1 Å². The molecule has 5 aromatic rings. The van der Waals surface area contributed by atoms with E-state index in [-0.39, 0.29) is 28.6 Å². The summed E-state index contributed by atoms with van der Waals surface area (Å²) in [6.07, 6.45) is 2.89. The number of nitrogens with one attached hydrogen (secondary N) is 1. The Morgan fingerprint density at radius 3 is 2.34 bits per heavy atom. The maximum absolute atomic E-state index is 15.2. The Bertz CT molecular complexity index is 1700. The predicted molar refractivity (Wildman–Crippen MR) is 139 cm³/mol. The number of halogens is 2. The molecule has 2 heterocycles. The summed E-state index contributed by atoms with van der Waals surface area (Å²) in [5.41, 5.74) is 1.22. The quantitative estimate of drug-likeness (QED) is 0.291. The molecule has 0 aliphatic heterocycles. The number of fused-ring (bicyclic) bond motifs is 1. The summed E-state index contributed by atoms with van der Waals surface area (Å²) in [6, 6.07) is 15.0. The molecule has 5 rings (SSSR count). The first kappa shape index (κ1) is 24.7. The van der Waals surface area contributed by atoms with Crippen LogP contribution in [-0.2, 0) is 7.05 Å². The van der Waals surface area contributed by atoms with Crippen LogP contribution in [0.3, 0.4) is 0 Å². The molecule has 0 aliphatic carbocycles. The van der Waals surface area contributed by atoms with Crippen LogP contribution in [0.4, 0.5) is 20.4 Å². The Hall–Kier alpha value is -4.99. The van der Waals surface area contributed by atoms with Crippen LogP contribution in [0.2, 0.25) is 0 Å². The van der Waals surface area contributed by atoms with Gasteiger partial charge in [0.05, 0.1) is 19.8 Å². The number of methoxy groups -OCH3 is 2. The maximum atomic E-state index is 15.2. The van der Waals surface area contributed by atoms with Crippen molar-refractivity contribution in [1.82, 2.24) is 14.5 Å². The van der Waals surface area contributed by atoms with Crippen LogP contribution in [-0.4, -0.2) is 28.8 Å². The molecule has 0 atom stereocenters. The van der Waals surface area contributed by atoms with E-state index in [4.69, 9.17) is 14.2 Å². The number of ether oxygens (including phenoxy) is 3. The topological polar surface area (TPSA) is 87.5 Å². The average molecular weight is 517 g/mol. The van der Waals surface area contributed by atoms with Crippen LogP contribution in [0.5, 0.6) is 23.0 Å². The molecule has 0 bridgehead atoms. The fourth-order valence-electron chi connectivity index (χ4n) is 3.99. The number of hydrogen-bond acceptors (Lipinski definition) is 7. The molecule has 0 saturated carbocycles. The molecule has 0 fully saturated rings. The van der Waals surface area contributed by atoms with Gasteiger partial charge in [0.25, 0.3) is 5.56 Å². The fourth-order valence-corrected chi connectivity index (χ4v) is 3.99. The smallest absolute Gasteiger partial charge is 0.262 e. The maximum Gasteiger partial charge on any atom is 0.262 e. The Balaban J connectivity index is 1.44. The van der Waals surface area contributed by atoms with Gasteiger partial charge in [-0.3, -0.25) is 14.3 Å². The van der Waals surface area contributed by atoms with Crippen molar-refractivity contribution >= 4 is 22.5 Å². The van der Waals surface area contributed by atoms with E-state index >= 15 is 4.39 Å². The SMILES string of the molecule is COc1ccc2c(Oc3ccc(-c4cnc(Nc5ccc(F)cc5)n(C)c4=O)cc3F)ccnc2c1OC. The van der Waals surface area contributed by atoms with E-state index in [1.54, 1.807) is 24.3 Å². The van der Waals surface area contributed by atoms with Crippen LogP contribution in [0, 0.1) is 11.6 Å². The summed E-state index contributed by atoms with van der Waals surface area (Å²) in [5, 5.41) is 3.57. The average Bonchev–Trinajstić information content (AvgIpc) is 2.93.